The zero-order valence-electron chi connectivity index (χ0n) is 10.2. The van der Waals surface area contributed by atoms with Crippen molar-refractivity contribution in [2.45, 2.75) is 23.7 Å². The van der Waals surface area contributed by atoms with E-state index in [4.69, 9.17) is 11.6 Å². The summed E-state index contributed by atoms with van der Waals surface area (Å²) >= 11 is 7.62. The lowest BCUT2D eigenvalue weighted by molar-refractivity contribution is 0.367. The van der Waals surface area contributed by atoms with E-state index in [0.29, 0.717) is 17.0 Å². The summed E-state index contributed by atoms with van der Waals surface area (Å²) in [5.41, 5.74) is 0.671. The van der Waals surface area contributed by atoms with Crippen molar-refractivity contribution in [1.82, 2.24) is 4.31 Å². The minimum Gasteiger partial charge on any atom is -0.207 e. The second-order valence-electron chi connectivity index (χ2n) is 4.28. The standard InChI is InChI=1S/C12H16ClNO2S2/c1-10-9-17-7-6-14(10)18(15,16)12-5-3-2-4-11(12)8-13/h2-5,10H,6-9H2,1H3. The van der Waals surface area contributed by atoms with Gasteiger partial charge in [0.1, 0.15) is 0 Å². The molecule has 0 aliphatic carbocycles. The predicted octanol–water partition coefficient (Wildman–Crippen LogP) is 2.55. The van der Waals surface area contributed by atoms with Crippen LogP contribution in [0, 0.1) is 0 Å². The van der Waals surface area contributed by atoms with Gasteiger partial charge in [0.2, 0.25) is 10.0 Å². The molecule has 1 aromatic rings. The first-order valence-corrected chi connectivity index (χ1v) is 8.93. The number of hydrogen-bond acceptors (Lipinski definition) is 3. The van der Waals surface area contributed by atoms with Crippen LogP contribution >= 0.6 is 23.4 Å². The van der Waals surface area contributed by atoms with Crippen LogP contribution in [0.5, 0.6) is 0 Å². The molecule has 1 aliphatic rings. The maximum absolute atomic E-state index is 12.6. The summed E-state index contributed by atoms with van der Waals surface area (Å²) in [6, 6.07) is 7.00. The third-order valence-corrected chi connectivity index (χ3v) is 6.60. The normalized spacial score (nSPS) is 22.0. The lowest BCUT2D eigenvalue weighted by Crippen LogP contribution is -2.44. The summed E-state index contributed by atoms with van der Waals surface area (Å²) in [5, 5.41) is 0. The highest BCUT2D eigenvalue weighted by Crippen LogP contribution is 2.27. The van der Waals surface area contributed by atoms with Crippen molar-refractivity contribution < 1.29 is 8.42 Å². The summed E-state index contributed by atoms with van der Waals surface area (Å²) < 4.78 is 26.9. The second kappa shape index (κ2) is 5.82. The number of rotatable bonds is 3. The Hall–Kier alpha value is -0.230. The number of sulfonamides is 1. The van der Waals surface area contributed by atoms with Crippen molar-refractivity contribution in [2.24, 2.45) is 0 Å². The number of hydrogen-bond donors (Lipinski definition) is 0. The molecule has 1 heterocycles. The molecule has 2 rings (SSSR count). The van der Waals surface area contributed by atoms with Gasteiger partial charge in [-0.15, -0.1) is 11.6 Å². The molecule has 1 saturated heterocycles. The van der Waals surface area contributed by atoms with Gasteiger partial charge in [-0.2, -0.15) is 16.1 Å². The Balaban J connectivity index is 2.41. The second-order valence-corrected chi connectivity index (χ2v) is 7.56. The average Bonchev–Trinajstić information content (AvgIpc) is 2.39. The molecule has 0 radical (unpaired) electrons. The number of thioether (sulfide) groups is 1. The lowest BCUT2D eigenvalue weighted by atomic mass is 10.2. The van der Waals surface area contributed by atoms with E-state index in [0.717, 1.165) is 11.5 Å². The van der Waals surface area contributed by atoms with Crippen LogP contribution in [0.15, 0.2) is 29.2 Å². The number of alkyl halides is 1. The van der Waals surface area contributed by atoms with Crippen molar-refractivity contribution in [3.63, 3.8) is 0 Å². The Bertz CT molecular complexity index is 519. The molecule has 0 spiro atoms. The molecule has 0 amide bonds. The SMILES string of the molecule is CC1CSCCN1S(=O)(=O)c1ccccc1CCl. The van der Waals surface area contributed by atoms with Crippen molar-refractivity contribution >= 4 is 33.4 Å². The van der Waals surface area contributed by atoms with Crippen LogP contribution in [0.2, 0.25) is 0 Å². The van der Waals surface area contributed by atoms with Crippen LogP contribution in [0.4, 0.5) is 0 Å². The molecule has 1 fully saturated rings. The van der Waals surface area contributed by atoms with Crippen LogP contribution < -0.4 is 0 Å². The predicted molar refractivity (Wildman–Crippen MR) is 76.7 cm³/mol. The quantitative estimate of drug-likeness (QED) is 0.805. The lowest BCUT2D eigenvalue weighted by Gasteiger charge is -2.32. The van der Waals surface area contributed by atoms with Crippen LogP contribution in [0.3, 0.4) is 0 Å². The molecule has 1 unspecified atom stereocenters. The van der Waals surface area contributed by atoms with Crippen LogP contribution in [-0.2, 0) is 15.9 Å². The van der Waals surface area contributed by atoms with E-state index in [1.54, 1.807) is 34.3 Å². The highest BCUT2D eigenvalue weighted by molar-refractivity contribution is 7.99. The van der Waals surface area contributed by atoms with Gasteiger partial charge in [0.15, 0.2) is 0 Å². The van der Waals surface area contributed by atoms with E-state index >= 15 is 0 Å². The molecular formula is C12H16ClNO2S2. The van der Waals surface area contributed by atoms with Crippen molar-refractivity contribution in [3.05, 3.63) is 29.8 Å². The van der Waals surface area contributed by atoms with Gasteiger partial charge in [-0.3, -0.25) is 0 Å². The molecule has 1 atom stereocenters. The summed E-state index contributed by atoms with van der Waals surface area (Å²) in [6.45, 7) is 2.53. The van der Waals surface area contributed by atoms with E-state index in [1.807, 2.05) is 13.0 Å². The van der Waals surface area contributed by atoms with Crippen molar-refractivity contribution in [2.75, 3.05) is 18.1 Å². The first kappa shape index (κ1) is 14.2. The third kappa shape index (κ3) is 2.69. The van der Waals surface area contributed by atoms with Gasteiger partial charge < -0.3 is 0 Å². The van der Waals surface area contributed by atoms with Gasteiger partial charge in [-0.25, -0.2) is 8.42 Å². The maximum Gasteiger partial charge on any atom is 0.243 e. The van der Waals surface area contributed by atoms with E-state index < -0.39 is 10.0 Å². The molecule has 0 saturated carbocycles. The fourth-order valence-electron chi connectivity index (χ4n) is 2.06. The van der Waals surface area contributed by atoms with E-state index in [-0.39, 0.29) is 11.9 Å². The molecule has 1 aliphatic heterocycles. The third-order valence-electron chi connectivity index (χ3n) is 3.01. The number of benzene rings is 1. The average molecular weight is 306 g/mol. The summed E-state index contributed by atoms with van der Waals surface area (Å²) in [4.78, 5) is 0.346. The first-order valence-electron chi connectivity index (χ1n) is 5.81. The van der Waals surface area contributed by atoms with Gasteiger partial charge in [0, 0.05) is 30.0 Å². The fraction of sp³-hybridized carbons (Fsp3) is 0.500. The van der Waals surface area contributed by atoms with Gasteiger partial charge in [-0.1, -0.05) is 18.2 Å². The Kier molecular flexibility index (Phi) is 4.59. The number of nitrogens with zero attached hydrogens (tertiary/aromatic N) is 1. The molecule has 0 bridgehead atoms. The van der Waals surface area contributed by atoms with Crippen LogP contribution in [-0.4, -0.2) is 36.8 Å². The highest BCUT2D eigenvalue weighted by atomic mass is 35.5. The van der Waals surface area contributed by atoms with E-state index in [9.17, 15) is 8.42 Å². The summed E-state index contributed by atoms with van der Waals surface area (Å²) in [5.74, 6) is 1.92. The topological polar surface area (TPSA) is 37.4 Å². The van der Waals surface area contributed by atoms with E-state index in [1.165, 1.54) is 0 Å². The molecule has 1 aromatic carbocycles. The highest BCUT2D eigenvalue weighted by Gasteiger charge is 2.32. The van der Waals surface area contributed by atoms with Gasteiger partial charge >= 0.3 is 0 Å². The zero-order valence-corrected chi connectivity index (χ0v) is 12.6. The Morgan fingerprint density at radius 2 is 2.17 bits per heavy atom. The van der Waals surface area contributed by atoms with Gasteiger partial charge in [0.05, 0.1) is 4.90 Å². The molecule has 0 N–H and O–H groups in total. The van der Waals surface area contributed by atoms with Crippen LogP contribution in [0.25, 0.3) is 0 Å². The molecule has 18 heavy (non-hydrogen) atoms. The fourth-order valence-corrected chi connectivity index (χ4v) is 5.45. The molecule has 6 heteroatoms. The van der Waals surface area contributed by atoms with Crippen molar-refractivity contribution in [1.29, 1.82) is 0 Å². The Morgan fingerprint density at radius 3 is 2.83 bits per heavy atom. The Labute approximate surface area is 118 Å². The number of halogens is 1. The smallest absolute Gasteiger partial charge is 0.207 e. The maximum atomic E-state index is 12.6. The molecule has 0 aromatic heterocycles. The van der Waals surface area contributed by atoms with Gasteiger partial charge in [-0.05, 0) is 18.6 Å². The largest absolute Gasteiger partial charge is 0.243 e. The van der Waals surface area contributed by atoms with Crippen LogP contribution in [0.1, 0.15) is 12.5 Å². The molecule has 100 valence electrons. The first-order chi connectivity index (χ1) is 8.57. The minimum atomic E-state index is -3.42. The summed E-state index contributed by atoms with van der Waals surface area (Å²) in [6.07, 6.45) is 0. The Morgan fingerprint density at radius 1 is 1.44 bits per heavy atom. The monoisotopic (exact) mass is 305 g/mol. The van der Waals surface area contributed by atoms with E-state index in [2.05, 4.69) is 0 Å². The van der Waals surface area contributed by atoms with Crippen molar-refractivity contribution in [3.8, 4) is 0 Å². The minimum absolute atomic E-state index is 0.0390. The van der Waals surface area contributed by atoms with Gasteiger partial charge in [0.25, 0.3) is 0 Å². The molecule has 3 nitrogen and oxygen atoms in total. The summed E-state index contributed by atoms with van der Waals surface area (Å²) in [7, 11) is -3.42. The molecular weight excluding hydrogens is 290 g/mol. The zero-order chi connectivity index (χ0) is 13.2.